The van der Waals surface area contributed by atoms with E-state index in [1.165, 1.54) is 43.3 Å². The number of hydrogen-bond acceptors (Lipinski definition) is 10. The number of rotatable bonds is 3. The second kappa shape index (κ2) is 8.26. The highest BCUT2D eigenvalue weighted by atomic mass is 16.7. The first kappa shape index (κ1) is 22.1. The Labute approximate surface area is 190 Å². The van der Waals surface area contributed by atoms with Crippen molar-refractivity contribution in [1.29, 1.82) is 0 Å². The molecule has 3 heterocycles. The first-order valence-corrected chi connectivity index (χ1v) is 10.4. The monoisotopic (exact) mass is 468 g/mol. The average molecular weight is 468 g/mol. The minimum atomic E-state index is -1.61. The van der Waals surface area contributed by atoms with Crippen LogP contribution in [-0.2, 0) is 4.74 Å². The van der Waals surface area contributed by atoms with E-state index in [2.05, 4.69) is 0 Å². The molecule has 1 saturated heterocycles. The van der Waals surface area contributed by atoms with Crippen molar-refractivity contribution in [2.24, 2.45) is 0 Å². The molecule has 0 bridgehead atoms. The summed E-state index contributed by atoms with van der Waals surface area (Å²) in [5, 5.41) is 42.3. The molecule has 1 aliphatic heterocycles. The second-order valence-electron chi connectivity index (χ2n) is 8.07. The smallest absolute Gasteiger partial charge is 0.336 e. The zero-order chi connectivity index (χ0) is 24.1. The van der Waals surface area contributed by atoms with Crippen LogP contribution in [0.4, 0.5) is 0 Å². The van der Waals surface area contributed by atoms with Crippen LogP contribution in [0.25, 0.3) is 33.1 Å². The molecule has 0 radical (unpaired) electrons. The van der Waals surface area contributed by atoms with Crippen molar-refractivity contribution in [2.75, 3.05) is 0 Å². The molecule has 5 atom stereocenters. The van der Waals surface area contributed by atoms with Gasteiger partial charge in [0.15, 0.2) is 0 Å². The Hall–Kier alpha value is -3.70. The Morgan fingerprint density at radius 2 is 1.50 bits per heavy atom. The van der Waals surface area contributed by atoms with Crippen LogP contribution in [-0.4, -0.2) is 51.1 Å². The van der Waals surface area contributed by atoms with Gasteiger partial charge in [-0.15, -0.1) is 0 Å². The number of aliphatic hydroxyl groups is 3. The predicted molar refractivity (Wildman–Crippen MR) is 119 cm³/mol. The van der Waals surface area contributed by atoms with Crippen molar-refractivity contribution in [2.45, 2.75) is 37.6 Å². The van der Waals surface area contributed by atoms with Crippen LogP contribution in [0.2, 0.25) is 0 Å². The number of phenols is 1. The fourth-order valence-corrected chi connectivity index (χ4v) is 4.01. The van der Waals surface area contributed by atoms with Crippen LogP contribution in [0, 0.1) is 0 Å². The largest absolute Gasteiger partial charge is 0.507 e. The SMILES string of the molecule is CC1OC(Oc2cc3oc(=O)ccc3cc2-c2c(O)ccc3ccc(=O)oc23)C(O)C(O)C1O. The fraction of sp³-hybridized carbons (Fsp3) is 0.250. The summed E-state index contributed by atoms with van der Waals surface area (Å²) in [4.78, 5) is 23.7. The summed E-state index contributed by atoms with van der Waals surface area (Å²) in [5.74, 6) is -0.228. The third kappa shape index (κ3) is 3.72. The van der Waals surface area contributed by atoms with Gasteiger partial charge in [-0.25, -0.2) is 9.59 Å². The number of ether oxygens (including phenoxy) is 2. The van der Waals surface area contributed by atoms with Crippen LogP contribution in [0.15, 0.2) is 67.0 Å². The van der Waals surface area contributed by atoms with Crippen molar-refractivity contribution >= 4 is 21.9 Å². The van der Waals surface area contributed by atoms with Crippen molar-refractivity contribution in [3.8, 4) is 22.6 Å². The number of hydrogen-bond donors (Lipinski definition) is 4. The van der Waals surface area contributed by atoms with E-state index < -0.39 is 42.0 Å². The van der Waals surface area contributed by atoms with Crippen molar-refractivity contribution in [3.63, 3.8) is 0 Å². The quantitative estimate of drug-likeness (QED) is 0.324. The third-order valence-electron chi connectivity index (χ3n) is 5.81. The zero-order valence-electron chi connectivity index (χ0n) is 17.7. The van der Waals surface area contributed by atoms with Gasteiger partial charge in [-0.3, -0.25) is 0 Å². The molecular formula is C24H20O10. The van der Waals surface area contributed by atoms with Gasteiger partial charge >= 0.3 is 11.3 Å². The van der Waals surface area contributed by atoms with E-state index in [1.54, 1.807) is 12.1 Å². The van der Waals surface area contributed by atoms with Gasteiger partial charge in [-0.1, -0.05) is 0 Å². The standard InChI is InChI=1S/C24H20O10/c1-10-20(28)21(29)22(30)24(31-10)33-16-9-15-12(4-7-17(26)32-15)8-13(16)19-14(25)5-2-11-3-6-18(27)34-23(11)19/h2-10,20-22,24-25,28-30H,1H3. The molecule has 2 aromatic carbocycles. The summed E-state index contributed by atoms with van der Waals surface area (Å²) in [6, 6.07) is 11.4. The maximum absolute atomic E-state index is 11.9. The lowest BCUT2D eigenvalue weighted by molar-refractivity contribution is -0.268. The van der Waals surface area contributed by atoms with Gasteiger partial charge in [-0.2, -0.15) is 0 Å². The molecule has 4 aromatic rings. The fourth-order valence-electron chi connectivity index (χ4n) is 4.01. The van der Waals surface area contributed by atoms with E-state index in [4.69, 9.17) is 18.3 Å². The molecule has 1 fully saturated rings. The summed E-state index contributed by atoms with van der Waals surface area (Å²) >= 11 is 0. The zero-order valence-corrected chi connectivity index (χ0v) is 17.7. The summed E-state index contributed by atoms with van der Waals surface area (Å²) in [6.45, 7) is 1.50. The predicted octanol–water partition coefficient (Wildman–Crippen LogP) is 1.48. The van der Waals surface area contributed by atoms with E-state index in [1.807, 2.05) is 0 Å². The topological polar surface area (TPSA) is 160 Å². The van der Waals surface area contributed by atoms with Crippen molar-refractivity contribution in [1.82, 2.24) is 0 Å². The normalized spacial score (nSPS) is 25.0. The first-order chi connectivity index (χ1) is 16.2. The molecule has 10 nitrogen and oxygen atoms in total. The molecule has 176 valence electrons. The molecule has 0 saturated carbocycles. The molecule has 10 heteroatoms. The molecule has 34 heavy (non-hydrogen) atoms. The van der Waals surface area contributed by atoms with Gasteiger partial charge in [0.05, 0.1) is 11.7 Å². The first-order valence-electron chi connectivity index (χ1n) is 10.4. The van der Waals surface area contributed by atoms with Gasteiger partial charge in [-0.05, 0) is 37.3 Å². The Kier molecular flexibility index (Phi) is 5.37. The molecule has 5 rings (SSSR count). The highest BCUT2D eigenvalue weighted by Crippen LogP contribution is 2.43. The average Bonchev–Trinajstić information content (AvgIpc) is 2.81. The van der Waals surface area contributed by atoms with Crippen molar-refractivity contribution < 1.29 is 38.7 Å². The van der Waals surface area contributed by atoms with E-state index in [0.29, 0.717) is 10.8 Å². The van der Waals surface area contributed by atoms with Gasteiger partial charge in [0.1, 0.15) is 41.0 Å². The summed E-state index contributed by atoms with van der Waals surface area (Å²) in [7, 11) is 0. The molecule has 2 aromatic heterocycles. The third-order valence-corrected chi connectivity index (χ3v) is 5.81. The lowest BCUT2D eigenvalue weighted by Crippen LogP contribution is -2.58. The number of phenolic OH excluding ortho intramolecular Hbond substituents is 1. The van der Waals surface area contributed by atoms with Crippen LogP contribution in [0.3, 0.4) is 0 Å². The molecule has 5 unspecified atom stereocenters. The van der Waals surface area contributed by atoms with Crippen molar-refractivity contribution in [3.05, 3.63) is 69.4 Å². The van der Waals surface area contributed by atoms with E-state index in [9.17, 15) is 30.0 Å². The van der Waals surface area contributed by atoms with Gasteiger partial charge in [0.2, 0.25) is 6.29 Å². The summed E-state index contributed by atoms with van der Waals surface area (Å²) in [6.07, 6.45) is -6.77. The van der Waals surface area contributed by atoms with E-state index in [-0.39, 0.29) is 33.8 Å². The van der Waals surface area contributed by atoms with E-state index >= 15 is 0 Å². The maximum Gasteiger partial charge on any atom is 0.336 e. The Bertz CT molecular complexity index is 1500. The highest BCUT2D eigenvalue weighted by molar-refractivity contribution is 5.99. The summed E-state index contributed by atoms with van der Waals surface area (Å²) < 4.78 is 22.0. The minimum Gasteiger partial charge on any atom is -0.507 e. The van der Waals surface area contributed by atoms with Gasteiger partial charge < -0.3 is 38.7 Å². The molecular weight excluding hydrogens is 448 g/mol. The van der Waals surface area contributed by atoms with Gasteiger partial charge in [0.25, 0.3) is 0 Å². The van der Waals surface area contributed by atoms with Crippen LogP contribution < -0.4 is 16.0 Å². The Morgan fingerprint density at radius 1 is 0.824 bits per heavy atom. The molecule has 0 amide bonds. The molecule has 0 aliphatic carbocycles. The highest BCUT2D eigenvalue weighted by Gasteiger charge is 2.43. The lowest BCUT2D eigenvalue weighted by atomic mass is 9.98. The van der Waals surface area contributed by atoms with Crippen LogP contribution in [0.5, 0.6) is 11.5 Å². The molecule has 0 spiro atoms. The number of fused-ring (bicyclic) bond motifs is 2. The summed E-state index contributed by atoms with van der Waals surface area (Å²) in [5.41, 5.74) is -0.647. The van der Waals surface area contributed by atoms with E-state index in [0.717, 1.165) is 0 Å². The Balaban J connectivity index is 1.74. The molecule has 4 N–H and O–H groups in total. The lowest BCUT2D eigenvalue weighted by Gasteiger charge is -2.39. The number of aliphatic hydroxyl groups excluding tert-OH is 3. The minimum absolute atomic E-state index is 0.00371. The van der Waals surface area contributed by atoms with Gasteiger partial charge in [0, 0.05) is 34.5 Å². The van der Waals surface area contributed by atoms with Crippen LogP contribution >= 0.6 is 0 Å². The number of benzene rings is 2. The van der Waals surface area contributed by atoms with Crippen LogP contribution in [0.1, 0.15) is 6.92 Å². The number of aromatic hydroxyl groups is 1. The molecule has 1 aliphatic rings. The Morgan fingerprint density at radius 3 is 2.26 bits per heavy atom. The maximum atomic E-state index is 11.9. The second-order valence-corrected chi connectivity index (χ2v) is 8.07.